The van der Waals surface area contributed by atoms with E-state index in [9.17, 15) is 18.0 Å². The number of rotatable bonds is 8. The first-order chi connectivity index (χ1) is 10.3. The summed E-state index contributed by atoms with van der Waals surface area (Å²) in [7, 11) is 0. The van der Waals surface area contributed by atoms with Crippen LogP contribution in [0.25, 0.3) is 0 Å². The maximum atomic E-state index is 13.1. The Morgan fingerprint density at radius 1 is 1.18 bits per heavy atom. The van der Waals surface area contributed by atoms with E-state index < -0.39 is 24.5 Å². The molecule has 0 bridgehead atoms. The number of phenolic OH excluding ortho intramolecular Hbond substituents is 1. The number of carbonyl (C=O) groups is 1. The van der Waals surface area contributed by atoms with Crippen molar-refractivity contribution in [2.24, 2.45) is 0 Å². The van der Waals surface area contributed by atoms with Crippen LogP contribution in [0.3, 0.4) is 0 Å². The SMILES string of the molecule is CCCCCCOC(=O)CC(c1ccc(O)cc1)C(F)(F)F. The fraction of sp³-hybridized carbons (Fsp3) is 0.562. The summed E-state index contributed by atoms with van der Waals surface area (Å²) in [6.45, 7) is 2.19. The van der Waals surface area contributed by atoms with E-state index in [1.165, 1.54) is 24.3 Å². The number of hydrogen-bond donors (Lipinski definition) is 1. The van der Waals surface area contributed by atoms with Gasteiger partial charge in [-0.05, 0) is 24.1 Å². The largest absolute Gasteiger partial charge is 0.508 e. The van der Waals surface area contributed by atoms with Crippen LogP contribution in [0.4, 0.5) is 13.2 Å². The Bertz CT molecular complexity index is 455. The first-order valence-corrected chi connectivity index (χ1v) is 7.36. The molecule has 1 aromatic rings. The second-order valence-corrected chi connectivity index (χ2v) is 5.17. The van der Waals surface area contributed by atoms with Crippen molar-refractivity contribution in [1.29, 1.82) is 0 Å². The van der Waals surface area contributed by atoms with Crippen molar-refractivity contribution in [3.05, 3.63) is 29.8 Å². The summed E-state index contributed by atoms with van der Waals surface area (Å²) >= 11 is 0. The van der Waals surface area contributed by atoms with Gasteiger partial charge in [-0.1, -0.05) is 38.3 Å². The van der Waals surface area contributed by atoms with Crippen LogP contribution in [0.2, 0.25) is 0 Å². The Hall–Kier alpha value is -1.72. The Kier molecular flexibility index (Phi) is 7.21. The van der Waals surface area contributed by atoms with Crippen molar-refractivity contribution in [2.45, 2.75) is 51.1 Å². The molecule has 0 saturated carbocycles. The average molecular weight is 318 g/mol. The summed E-state index contributed by atoms with van der Waals surface area (Å²) in [5, 5.41) is 9.14. The Morgan fingerprint density at radius 3 is 2.36 bits per heavy atom. The topological polar surface area (TPSA) is 46.5 Å². The lowest BCUT2D eigenvalue weighted by atomic mass is 9.95. The predicted molar refractivity (Wildman–Crippen MR) is 76.6 cm³/mol. The molecule has 0 heterocycles. The van der Waals surface area contributed by atoms with Crippen molar-refractivity contribution in [3.8, 4) is 5.75 Å². The van der Waals surface area contributed by atoms with E-state index in [2.05, 4.69) is 0 Å². The summed E-state index contributed by atoms with van der Waals surface area (Å²) in [4.78, 5) is 11.6. The highest BCUT2D eigenvalue weighted by atomic mass is 19.4. The van der Waals surface area contributed by atoms with Gasteiger partial charge in [0.15, 0.2) is 0 Å². The molecule has 0 aromatic heterocycles. The van der Waals surface area contributed by atoms with Gasteiger partial charge in [-0.2, -0.15) is 13.2 Å². The second-order valence-electron chi connectivity index (χ2n) is 5.17. The van der Waals surface area contributed by atoms with Crippen LogP contribution >= 0.6 is 0 Å². The van der Waals surface area contributed by atoms with Crippen LogP contribution in [0.1, 0.15) is 50.5 Å². The van der Waals surface area contributed by atoms with Gasteiger partial charge in [0.2, 0.25) is 0 Å². The first kappa shape index (κ1) is 18.3. The van der Waals surface area contributed by atoms with Gasteiger partial charge in [-0.3, -0.25) is 4.79 Å². The number of benzene rings is 1. The quantitative estimate of drug-likeness (QED) is 0.565. The molecule has 1 rings (SSSR count). The predicted octanol–water partition coefficient (Wildman–Crippen LogP) is 4.55. The third-order valence-corrected chi connectivity index (χ3v) is 3.32. The lowest BCUT2D eigenvalue weighted by Crippen LogP contribution is -2.24. The molecule has 1 unspecified atom stereocenters. The lowest BCUT2D eigenvalue weighted by molar-refractivity contribution is -0.166. The van der Waals surface area contributed by atoms with E-state index in [1.807, 2.05) is 6.92 Å². The van der Waals surface area contributed by atoms with Crippen molar-refractivity contribution in [1.82, 2.24) is 0 Å². The van der Waals surface area contributed by atoms with E-state index in [4.69, 9.17) is 9.84 Å². The highest BCUT2D eigenvalue weighted by Gasteiger charge is 2.42. The van der Waals surface area contributed by atoms with Gasteiger partial charge in [0.1, 0.15) is 5.75 Å². The highest BCUT2D eigenvalue weighted by molar-refractivity contribution is 5.70. The molecule has 0 spiro atoms. The van der Waals surface area contributed by atoms with Gasteiger partial charge < -0.3 is 9.84 Å². The van der Waals surface area contributed by atoms with Crippen LogP contribution in [-0.2, 0) is 9.53 Å². The van der Waals surface area contributed by atoms with Gasteiger partial charge in [0, 0.05) is 0 Å². The molecule has 0 amide bonds. The van der Waals surface area contributed by atoms with Gasteiger partial charge in [-0.25, -0.2) is 0 Å². The number of phenols is 1. The maximum absolute atomic E-state index is 13.1. The number of carbonyl (C=O) groups excluding carboxylic acids is 1. The molecule has 0 radical (unpaired) electrons. The van der Waals surface area contributed by atoms with E-state index in [0.29, 0.717) is 6.42 Å². The van der Waals surface area contributed by atoms with Gasteiger partial charge in [0.05, 0.1) is 18.9 Å². The highest BCUT2D eigenvalue weighted by Crippen LogP contribution is 2.38. The van der Waals surface area contributed by atoms with Crippen LogP contribution in [-0.4, -0.2) is 23.9 Å². The van der Waals surface area contributed by atoms with Crippen LogP contribution < -0.4 is 0 Å². The van der Waals surface area contributed by atoms with Crippen molar-refractivity contribution < 1.29 is 27.8 Å². The standard InChI is InChI=1S/C16H21F3O3/c1-2-3-4-5-10-22-15(21)11-14(16(17,18)19)12-6-8-13(20)9-7-12/h6-9,14,20H,2-5,10-11H2,1H3. The molecule has 1 atom stereocenters. The summed E-state index contributed by atoms with van der Waals surface area (Å²) < 4.78 is 44.1. The molecule has 0 aliphatic carbocycles. The zero-order valence-electron chi connectivity index (χ0n) is 12.5. The summed E-state index contributed by atoms with van der Waals surface area (Å²) in [6.07, 6.45) is -1.69. The fourth-order valence-electron chi connectivity index (χ4n) is 2.07. The number of alkyl halides is 3. The Balaban J connectivity index is 2.59. The number of unbranched alkanes of at least 4 members (excludes halogenated alkanes) is 3. The second kappa shape index (κ2) is 8.66. The normalized spacial score (nSPS) is 12.9. The zero-order valence-corrected chi connectivity index (χ0v) is 12.5. The molecule has 124 valence electrons. The number of halogens is 3. The molecular weight excluding hydrogens is 297 g/mol. The van der Waals surface area contributed by atoms with Gasteiger partial charge in [0.25, 0.3) is 0 Å². The first-order valence-electron chi connectivity index (χ1n) is 7.36. The van der Waals surface area contributed by atoms with Crippen molar-refractivity contribution in [2.75, 3.05) is 6.61 Å². The number of ether oxygens (including phenoxy) is 1. The average Bonchev–Trinajstić information content (AvgIpc) is 2.44. The van der Waals surface area contributed by atoms with Crippen molar-refractivity contribution >= 4 is 5.97 Å². The molecular formula is C16H21F3O3. The maximum Gasteiger partial charge on any atom is 0.396 e. The zero-order chi connectivity index (χ0) is 16.6. The molecule has 0 saturated heterocycles. The monoisotopic (exact) mass is 318 g/mol. The van der Waals surface area contributed by atoms with E-state index in [-0.39, 0.29) is 17.9 Å². The smallest absolute Gasteiger partial charge is 0.396 e. The molecule has 6 heteroatoms. The lowest BCUT2D eigenvalue weighted by Gasteiger charge is -2.20. The molecule has 3 nitrogen and oxygen atoms in total. The fourth-order valence-corrected chi connectivity index (χ4v) is 2.07. The molecule has 0 aliphatic heterocycles. The minimum absolute atomic E-state index is 0.0618. The van der Waals surface area contributed by atoms with Gasteiger partial charge in [-0.15, -0.1) is 0 Å². The van der Waals surface area contributed by atoms with Gasteiger partial charge >= 0.3 is 12.1 Å². The van der Waals surface area contributed by atoms with Crippen LogP contribution in [0.15, 0.2) is 24.3 Å². The molecule has 1 N–H and O–H groups in total. The summed E-state index contributed by atoms with van der Waals surface area (Å²) in [5.41, 5.74) is -0.0618. The number of hydrogen-bond acceptors (Lipinski definition) is 3. The Labute approximate surface area is 128 Å². The van der Waals surface area contributed by atoms with E-state index >= 15 is 0 Å². The minimum atomic E-state index is -4.54. The van der Waals surface area contributed by atoms with E-state index in [0.717, 1.165) is 19.3 Å². The molecule has 22 heavy (non-hydrogen) atoms. The van der Waals surface area contributed by atoms with Crippen LogP contribution in [0.5, 0.6) is 5.75 Å². The Morgan fingerprint density at radius 2 is 1.82 bits per heavy atom. The minimum Gasteiger partial charge on any atom is -0.508 e. The number of esters is 1. The summed E-state index contributed by atoms with van der Waals surface area (Å²) in [5.74, 6) is -2.90. The van der Waals surface area contributed by atoms with Crippen LogP contribution in [0, 0.1) is 0 Å². The third kappa shape index (κ3) is 6.37. The molecule has 0 fully saturated rings. The number of aromatic hydroxyl groups is 1. The van der Waals surface area contributed by atoms with Crippen molar-refractivity contribution in [3.63, 3.8) is 0 Å². The summed E-state index contributed by atoms with van der Waals surface area (Å²) in [6, 6.07) is 4.68. The van der Waals surface area contributed by atoms with E-state index in [1.54, 1.807) is 0 Å². The molecule has 1 aromatic carbocycles. The molecule has 0 aliphatic rings. The third-order valence-electron chi connectivity index (χ3n) is 3.32.